The van der Waals surface area contributed by atoms with E-state index in [2.05, 4.69) is 5.32 Å². The Bertz CT molecular complexity index is 569. The van der Waals surface area contributed by atoms with Crippen LogP contribution in [0.25, 0.3) is 0 Å². The molecule has 19 heavy (non-hydrogen) atoms. The third-order valence-corrected chi connectivity index (χ3v) is 3.13. The summed E-state index contributed by atoms with van der Waals surface area (Å²) in [7, 11) is 1.38. The van der Waals surface area contributed by atoms with Crippen LogP contribution in [0.4, 0.5) is 0 Å². The van der Waals surface area contributed by atoms with Crippen molar-refractivity contribution in [2.24, 2.45) is 7.05 Å². The van der Waals surface area contributed by atoms with E-state index in [-0.39, 0.29) is 24.1 Å². The zero-order chi connectivity index (χ0) is 13.8. The molecule has 1 N–H and O–H groups in total. The number of rotatable bonds is 4. The zero-order valence-electron chi connectivity index (χ0n) is 10.8. The van der Waals surface area contributed by atoms with Gasteiger partial charge in [-0.15, -0.1) is 0 Å². The minimum atomic E-state index is -0.500. The number of aromatic nitrogens is 2. The van der Waals surface area contributed by atoms with Gasteiger partial charge in [0.2, 0.25) is 5.91 Å². The molecule has 0 bridgehead atoms. The van der Waals surface area contributed by atoms with Gasteiger partial charge in [-0.25, -0.2) is 4.79 Å². The lowest BCUT2D eigenvalue weighted by atomic mass is 10.2. The van der Waals surface area contributed by atoms with Crippen LogP contribution in [-0.2, 0) is 23.1 Å². The van der Waals surface area contributed by atoms with Crippen LogP contribution in [0, 0.1) is 0 Å². The third-order valence-electron chi connectivity index (χ3n) is 3.13. The summed E-state index contributed by atoms with van der Waals surface area (Å²) in [6, 6.07) is 1.26. The van der Waals surface area contributed by atoms with Gasteiger partial charge in [-0.1, -0.05) is 0 Å². The van der Waals surface area contributed by atoms with Crippen LogP contribution in [0.5, 0.6) is 0 Å². The van der Waals surface area contributed by atoms with Crippen molar-refractivity contribution in [3.63, 3.8) is 0 Å². The fraction of sp³-hybridized carbons (Fsp3) is 0.583. The summed E-state index contributed by atoms with van der Waals surface area (Å²) in [5, 5.41) is 2.72. The van der Waals surface area contributed by atoms with E-state index in [1.807, 2.05) is 0 Å². The molecule has 1 amide bonds. The molecule has 7 heteroatoms. The second kappa shape index (κ2) is 5.83. The van der Waals surface area contributed by atoms with Gasteiger partial charge in [0.1, 0.15) is 6.54 Å². The maximum Gasteiger partial charge on any atom is 0.331 e. The summed E-state index contributed by atoms with van der Waals surface area (Å²) < 4.78 is 7.55. The Balaban J connectivity index is 1.93. The normalized spacial score (nSPS) is 18.5. The highest BCUT2D eigenvalue weighted by molar-refractivity contribution is 5.75. The monoisotopic (exact) mass is 267 g/mol. The van der Waals surface area contributed by atoms with Crippen molar-refractivity contribution in [2.45, 2.75) is 25.5 Å². The van der Waals surface area contributed by atoms with E-state index < -0.39 is 5.69 Å². The molecule has 7 nitrogen and oxygen atoms in total. The topological polar surface area (TPSA) is 82.3 Å². The number of nitrogens with zero attached hydrogens (tertiary/aromatic N) is 2. The first kappa shape index (κ1) is 13.5. The summed E-state index contributed by atoms with van der Waals surface area (Å²) >= 11 is 0. The molecule has 0 aromatic carbocycles. The lowest BCUT2D eigenvalue weighted by molar-refractivity contribution is -0.122. The van der Waals surface area contributed by atoms with Crippen LogP contribution >= 0.6 is 0 Å². The molecule has 1 unspecified atom stereocenters. The molecule has 0 spiro atoms. The highest BCUT2D eigenvalue weighted by Gasteiger charge is 2.16. The number of carbonyl (C=O) groups is 1. The second-order valence-electron chi connectivity index (χ2n) is 4.56. The lowest BCUT2D eigenvalue weighted by Crippen LogP contribution is -2.41. The molecular formula is C12H17N3O4. The molecule has 1 aliphatic heterocycles. The van der Waals surface area contributed by atoms with Crippen molar-refractivity contribution < 1.29 is 9.53 Å². The molecule has 2 rings (SSSR count). The smallest absolute Gasteiger partial charge is 0.331 e. The second-order valence-corrected chi connectivity index (χ2v) is 4.56. The predicted octanol–water partition coefficient (Wildman–Crippen LogP) is -1.16. The lowest BCUT2D eigenvalue weighted by Gasteiger charge is -2.11. The number of carbonyl (C=O) groups excluding carboxylic acids is 1. The van der Waals surface area contributed by atoms with Crippen LogP contribution < -0.4 is 16.6 Å². The summed E-state index contributed by atoms with van der Waals surface area (Å²) in [6.45, 7) is 1.10. The van der Waals surface area contributed by atoms with E-state index >= 15 is 0 Å². The molecule has 1 aliphatic rings. The summed E-state index contributed by atoms with van der Waals surface area (Å²) in [5.74, 6) is -0.267. The van der Waals surface area contributed by atoms with E-state index in [4.69, 9.17) is 4.74 Å². The molecule has 0 saturated carbocycles. The van der Waals surface area contributed by atoms with E-state index in [0.717, 1.165) is 24.0 Å². The van der Waals surface area contributed by atoms with Crippen LogP contribution in [0.3, 0.4) is 0 Å². The number of nitrogens with one attached hydrogen (secondary N) is 1. The fourth-order valence-corrected chi connectivity index (χ4v) is 1.98. The molecule has 2 heterocycles. The molecule has 1 saturated heterocycles. The van der Waals surface area contributed by atoms with Gasteiger partial charge in [-0.2, -0.15) is 0 Å². The molecule has 1 atom stereocenters. The van der Waals surface area contributed by atoms with E-state index in [1.165, 1.54) is 23.9 Å². The Morgan fingerprint density at radius 2 is 2.32 bits per heavy atom. The summed E-state index contributed by atoms with van der Waals surface area (Å²) in [4.78, 5) is 34.6. The van der Waals surface area contributed by atoms with Crippen molar-refractivity contribution in [1.29, 1.82) is 0 Å². The fourth-order valence-electron chi connectivity index (χ4n) is 1.98. The molecule has 0 radical (unpaired) electrons. The number of ether oxygens (including phenoxy) is 1. The zero-order valence-corrected chi connectivity index (χ0v) is 10.8. The first-order chi connectivity index (χ1) is 9.08. The SMILES string of the molecule is Cn1c(=O)ccn(CC(=O)NCC2CCCO2)c1=O. The Morgan fingerprint density at radius 3 is 3.00 bits per heavy atom. The number of hydrogen-bond acceptors (Lipinski definition) is 4. The average Bonchev–Trinajstić information content (AvgIpc) is 2.90. The van der Waals surface area contributed by atoms with Crippen LogP contribution in [0.2, 0.25) is 0 Å². The Hall–Kier alpha value is -1.89. The van der Waals surface area contributed by atoms with Gasteiger partial charge in [-0.05, 0) is 12.8 Å². The Morgan fingerprint density at radius 1 is 1.53 bits per heavy atom. The highest BCUT2D eigenvalue weighted by Crippen LogP contribution is 2.10. The van der Waals surface area contributed by atoms with Gasteiger partial charge in [0, 0.05) is 32.5 Å². The van der Waals surface area contributed by atoms with Crippen LogP contribution in [-0.4, -0.2) is 34.3 Å². The molecule has 104 valence electrons. The van der Waals surface area contributed by atoms with Crippen LogP contribution in [0.15, 0.2) is 21.9 Å². The van der Waals surface area contributed by atoms with Crippen molar-refractivity contribution in [2.75, 3.05) is 13.2 Å². The van der Waals surface area contributed by atoms with Crippen molar-refractivity contribution in [3.05, 3.63) is 33.1 Å². The van der Waals surface area contributed by atoms with Gasteiger partial charge < -0.3 is 10.1 Å². The van der Waals surface area contributed by atoms with Gasteiger partial charge in [0.05, 0.1) is 6.10 Å². The highest BCUT2D eigenvalue weighted by atomic mass is 16.5. The first-order valence-corrected chi connectivity index (χ1v) is 6.22. The molecule has 1 aromatic heterocycles. The van der Waals surface area contributed by atoms with Gasteiger partial charge in [0.25, 0.3) is 5.56 Å². The Labute approximate surface area is 109 Å². The van der Waals surface area contributed by atoms with Crippen molar-refractivity contribution in [3.8, 4) is 0 Å². The maximum atomic E-state index is 11.7. The largest absolute Gasteiger partial charge is 0.376 e. The van der Waals surface area contributed by atoms with Gasteiger partial charge in [-0.3, -0.25) is 18.7 Å². The van der Waals surface area contributed by atoms with Crippen molar-refractivity contribution >= 4 is 5.91 Å². The van der Waals surface area contributed by atoms with Crippen LogP contribution in [0.1, 0.15) is 12.8 Å². The van der Waals surface area contributed by atoms with Gasteiger partial charge >= 0.3 is 5.69 Å². The average molecular weight is 267 g/mol. The van der Waals surface area contributed by atoms with Gasteiger partial charge in [0.15, 0.2) is 0 Å². The molecular weight excluding hydrogens is 250 g/mol. The quantitative estimate of drug-likeness (QED) is 0.746. The van der Waals surface area contributed by atoms with E-state index in [1.54, 1.807) is 0 Å². The minimum Gasteiger partial charge on any atom is -0.376 e. The third kappa shape index (κ3) is 3.31. The number of amides is 1. The molecule has 1 aromatic rings. The van der Waals surface area contributed by atoms with E-state index in [0.29, 0.717) is 6.54 Å². The predicted molar refractivity (Wildman–Crippen MR) is 67.9 cm³/mol. The molecule has 0 aliphatic carbocycles. The summed E-state index contributed by atoms with van der Waals surface area (Å²) in [6.07, 6.45) is 3.36. The number of hydrogen-bond donors (Lipinski definition) is 1. The minimum absolute atomic E-state index is 0.0702. The Kier molecular flexibility index (Phi) is 4.16. The van der Waals surface area contributed by atoms with Crippen molar-refractivity contribution in [1.82, 2.24) is 14.5 Å². The molecule has 1 fully saturated rings. The first-order valence-electron chi connectivity index (χ1n) is 6.22. The summed E-state index contributed by atoms with van der Waals surface area (Å²) in [5.41, 5.74) is -0.888. The standard InChI is InChI=1S/C12H17N3O4/c1-14-11(17)4-5-15(12(14)18)8-10(16)13-7-9-3-2-6-19-9/h4-5,9H,2-3,6-8H2,1H3,(H,13,16). The maximum absolute atomic E-state index is 11.7. The van der Waals surface area contributed by atoms with E-state index in [9.17, 15) is 14.4 Å².